The topological polar surface area (TPSA) is 76.7 Å². The van der Waals surface area contributed by atoms with E-state index >= 15 is 0 Å². The van der Waals surface area contributed by atoms with Crippen LogP contribution in [-0.4, -0.2) is 34.8 Å². The average molecular weight is 381 g/mol. The molecule has 2 amide bonds. The van der Waals surface area contributed by atoms with Gasteiger partial charge in [0, 0.05) is 37.2 Å². The number of nitrogens with one attached hydrogen (secondary N) is 1. The molecule has 146 valence electrons. The van der Waals surface area contributed by atoms with Crippen LogP contribution in [0.4, 0.5) is 10.5 Å². The van der Waals surface area contributed by atoms with Crippen molar-refractivity contribution in [3.63, 3.8) is 0 Å². The maximum atomic E-state index is 13.1. The SMILES string of the molecule is Cn1cc(NC(=O)N(Cc2ccco2)CC2CCCO2)c2ccccc2c1=O. The number of urea groups is 1. The predicted octanol–water partition coefficient (Wildman–Crippen LogP) is 3.34. The van der Waals surface area contributed by atoms with Crippen molar-refractivity contribution >= 4 is 22.5 Å². The third kappa shape index (κ3) is 3.80. The van der Waals surface area contributed by atoms with Gasteiger partial charge in [0.25, 0.3) is 5.56 Å². The molecule has 2 aromatic heterocycles. The number of anilines is 1. The second kappa shape index (κ2) is 7.90. The van der Waals surface area contributed by atoms with E-state index in [1.165, 1.54) is 4.57 Å². The summed E-state index contributed by atoms with van der Waals surface area (Å²) in [6.07, 6.45) is 5.21. The quantitative estimate of drug-likeness (QED) is 0.735. The molecule has 3 aromatic rings. The number of aromatic nitrogens is 1. The number of benzene rings is 1. The van der Waals surface area contributed by atoms with Crippen LogP contribution in [0.1, 0.15) is 18.6 Å². The van der Waals surface area contributed by atoms with E-state index < -0.39 is 0 Å². The Labute approximate surface area is 162 Å². The summed E-state index contributed by atoms with van der Waals surface area (Å²) in [5.74, 6) is 0.707. The highest BCUT2D eigenvalue weighted by molar-refractivity contribution is 6.00. The number of hydrogen-bond donors (Lipinski definition) is 1. The lowest BCUT2D eigenvalue weighted by molar-refractivity contribution is 0.0803. The molecule has 28 heavy (non-hydrogen) atoms. The molecule has 0 saturated carbocycles. The van der Waals surface area contributed by atoms with Crippen LogP contribution in [0.3, 0.4) is 0 Å². The van der Waals surface area contributed by atoms with Crippen LogP contribution >= 0.6 is 0 Å². The van der Waals surface area contributed by atoms with Crippen LogP contribution in [0, 0.1) is 0 Å². The Morgan fingerprint density at radius 3 is 2.79 bits per heavy atom. The van der Waals surface area contributed by atoms with Gasteiger partial charge in [0.05, 0.1) is 24.6 Å². The van der Waals surface area contributed by atoms with Gasteiger partial charge in [-0.2, -0.15) is 0 Å². The van der Waals surface area contributed by atoms with Crippen molar-refractivity contribution in [2.75, 3.05) is 18.5 Å². The molecule has 7 nitrogen and oxygen atoms in total. The van der Waals surface area contributed by atoms with Gasteiger partial charge in [-0.05, 0) is 31.0 Å². The molecule has 1 saturated heterocycles. The van der Waals surface area contributed by atoms with Crippen molar-refractivity contribution in [3.8, 4) is 0 Å². The molecule has 0 aliphatic carbocycles. The summed E-state index contributed by atoms with van der Waals surface area (Å²) in [6, 6.07) is 10.7. The molecule has 1 N–H and O–H groups in total. The fraction of sp³-hybridized carbons (Fsp3) is 0.333. The van der Waals surface area contributed by atoms with Crippen molar-refractivity contribution < 1.29 is 13.9 Å². The Kier molecular flexibility index (Phi) is 5.16. The van der Waals surface area contributed by atoms with Crippen molar-refractivity contribution in [1.82, 2.24) is 9.47 Å². The number of ether oxygens (including phenoxy) is 1. The minimum atomic E-state index is -0.254. The monoisotopic (exact) mass is 381 g/mol. The van der Waals surface area contributed by atoms with E-state index in [1.807, 2.05) is 24.3 Å². The number of hydrogen-bond acceptors (Lipinski definition) is 4. The minimum absolute atomic E-state index is 0.0255. The second-order valence-corrected chi connectivity index (χ2v) is 7.03. The number of furan rings is 1. The number of nitrogens with zero attached hydrogens (tertiary/aromatic N) is 2. The Balaban J connectivity index is 1.61. The number of carbonyl (C=O) groups excluding carboxylic acids is 1. The third-order valence-corrected chi connectivity index (χ3v) is 4.99. The molecular formula is C21H23N3O4. The maximum absolute atomic E-state index is 13.1. The van der Waals surface area contributed by atoms with E-state index in [-0.39, 0.29) is 17.7 Å². The first-order chi connectivity index (χ1) is 13.6. The zero-order valence-electron chi connectivity index (χ0n) is 15.8. The molecule has 3 heterocycles. The Hall–Kier alpha value is -3.06. The lowest BCUT2D eigenvalue weighted by atomic mass is 10.1. The van der Waals surface area contributed by atoms with Gasteiger partial charge < -0.3 is 23.9 Å². The van der Waals surface area contributed by atoms with Crippen molar-refractivity contribution in [1.29, 1.82) is 0 Å². The summed E-state index contributed by atoms with van der Waals surface area (Å²) in [6.45, 7) is 1.56. The van der Waals surface area contributed by atoms with Gasteiger partial charge in [0.1, 0.15) is 5.76 Å². The van der Waals surface area contributed by atoms with Crippen LogP contribution in [-0.2, 0) is 18.3 Å². The molecular weight excluding hydrogens is 358 g/mol. The molecule has 4 rings (SSSR count). The summed E-state index contributed by atoms with van der Waals surface area (Å²) in [5, 5.41) is 4.26. The predicted molar refractivity (Wildman–Crippen MR) is 106 cm³/mol. The van der Waals surface area contributed by atoms with Crippen LogP contribution in [0.5, 0.6) is 0 Å². The van der Waals surface area contributed by atoms with Gasteiger partial charge in [0.15, 0.2) is 0 Å². The summed E-state index contributed by atoms with van der Waals surface area (Å²) in [7, 11) is 1.68. The maximum Gasteiger partial charge on any atom is 0.322 e. The van der Waals surface area contributed by atoms with Crippen molar-refractivity contribution in [3.05, 3.63) is 65.0 Å². The van der Waals surface area contributed by atoms with E-state index in [0.717, 1.165) is 19.4 Å². The van der Waals surface area contributed by atoms with E-state index in [0.29, 0.717) is 35.3 Å². The van der Waals surface area contributed by atoms with Gasteiger partial charge in [-0.1, -0.05) is 18.2 Å². The van der Waals surface area contributed by atoms with Gasteiger partial charge in [-0.3, -0.25) is 4.79 Å². The summed E-state index contributed by atoms with van der Waals surface area (Å²) in [4.78, 5) is 27.1. The summed E-state index contributed by atoms with van der Waals surface area (Å²) >= 11 is 0. The van der Waals surface area contributed by atoms with Crippen LogP contribution in [0.15, 0.2) is 58.1 Å². The van der Waals surface area contributed by atoms with Gasteiger partial charge in [-0.25, -0.2) is 4.79 Å². The third-order valence-electron chi connectivity index (χ3n) is 4.99. The number of amides is 2. The van der Waals surface area contributed by atoms with Crippen molar-refractivity contribution in [2.45, 2.75) is 25.5 Å². The van der Waals surface area contributed by atoms with Crippen LogP contribution in [0.25, 0.3) is 10.8 Å². The fourth-order valence-corrected chi connectivity index (χ4v) is 3.55. The molecule has 1 aliphatic rings. The lowest BCUT2D eigenvalue weighted by Crippen LogP contribution is -2.39. The first-order valence-electron chi connectivity index (χ1n) is 9.40. The normalized spacial score (nSPS) is 16.4. The largest absolute Gasteiger partial charge is 0.467 e. The van der Waals surface area contributed by atoms with Gasteiger partial charge in [-0.15, -0.1) is 0 Å². The smallest absolute Gasteiger partial charge is 0.322 e. The summed E-state index contributed by atoms with van der Waals surface area (Å²) < 4.78 is 12.6. The number of pyridine rings is 1. The number of carbonyl (C=O) groups is 1. The highest BCUT2D eigenvalue weighted by Crippen LogP contribution is 2.22. The van der Waals surface area contributed by atoms with E-state index in [1.54, 1.807) is 36.5 Å². The molecule has 1 unspecified atom stereocenters. The Bertz CT molecular complexity index is 1020. The molecule has 1 atom stereocenters. The zero-order valence-corrected chi connectivity index (χ0v) is 15.8. The second-order valence-electron chi connectivity index (χ2n) is 7.03. The molecule has 0 radical (unpaired) electrons. The molecule has 1 aromatic carbocycles. The van der Waals surface area contributed by atoms with E-state index in [9.17, 15) is 9.59 Å². The lowest BCUT2D eigenvalue weighted by Gasteiger charge is -2.25. The fourth-order valence-electron chi connectivity index (χ4n) is 3.55. The number of fused-ring (bicyclic) bond motifs is 1. The molecule has 7 heteroatoms. The zero-order chi connectivity index (χ0) is 19.5. The Morgan fingerprint density at radius 2 is 2.07 bits per heavy atom. The van der Waals surface area contributed by atoms with Crippen molar-refractivity contribution in [2.24, 2.45) is 7.05 Å². The Morgan fingerprint density at radius 1 is 1.25 bits per heavy atom. The minimum Gasteiger partial charge on any atom is -0.467 e. The van der Waals surface area contributed by atoms with Crippen LogP contribution in [0.2, 0.25) is 0 Å². The van der Waals surface area contributed by atoms with E-state index in [2.05, 4.69) is 5.32 Å². The molecule has 0 spiro atoms. The molecule has 0 bridgehead atoms. The average Bonchev–Trinajstić information content (AvgIpc) is 3.39. The molecule has 1 fully saturated rings. The van der Waals surface area contributed by atoms with Gasteiger partial charge >= 0.3 is 6.03 Å². The van der Waals surface area contributed by atoms with Crippen LogP contribution < -0.4 is 10.9 Å². The number of aryl methyl sites for hydroxylation is 1. The van der Waals surface area contributed by atoms with E-state index in [4.69, 9.17) is 9.15 Å². The first kappa shape index (κ1) is 18.3. The highest BCUT2D eigenvalue weighted by atomic mass is 16.5. The molecule has 1 aliphatic heterocycles. The first-order valence-corrected chi connectivity index (χ1v) is 9.40. The van der Waals surface area contributed by atoms with Gasteiger partial charge in [0.2, 0.25) is 0 Å². The standard InChI is InChI=1S/C21H23N3O4/c1-23-14-19(17-8-2-3-9-18(17)20(23)25)22-21(26)24(12-15-6-4-10-27-15)13-16-7-5-11-28-16/h2-4,6,8-10,14,16H,5,7,11-13H2,1H3,(H,22,26). The highest BCUT2D eigenvalue weighted by Gasteiger charge is 2.24. The summed E-state index contributed by atoms with van der Waals surface area (Å²) in [5.41, 5.74) is 0.500. The number of rotatable bonds is 5.